The van der Waals surface area contributed by atoms with E-state index in [1.165, 1.54) is 16.7 Å². The summed E-state index contributed by atoms with van der Waals surface area (Å²) >= 11 is 0. The van der Waals surface area contributed by atoms with Gasteiger partial charge in [-0.2, -0.15) is 4.98 Å². The molecule has 1 saturated heterocycles. The average molecular weight is 375 g/mol. The second-order valence-electron chi connectivity index (χ2n) is 7.40. The molecule has 0 radical (unpaired) electrons. The third-order valence-corrected chi connectivity index (χ3v) is 4.92. The Labute approximate surface area is 157 Å². The summed E-state index contributed by atoms with van der Waals surface area (Å²) in [5, 5.41) is 3.29. The number of benzene rings is 1. The van der Waals surface area contributed by atoms with Gasteiger partial charge in [0.25, 0.3) is 0 Å². The van der Waals surface area contributed by atoms with E-state index in [4.69, 9.17) is 0 Å². The summed E-state index contributed by atoms with van der Waals surface area (Å²) in [5.41, 5.74) is -0.203. The molecule has 1 fully saturated rings. The Balaban J connectivity index is 1.98. The zero-order chi connectivity index (χ0) is 19.6. The minimum Gasteiger partial charge on any atom is -0.353 e. The number of rotatable bonds is 5. The lowest BCUT2D eigenvalue weighted by molar-refractivity contribution is 0.263. The van der Waals surface area contributed by atoms with Crippen molar-refractivity contribution in [1.82, 2.24) is 19.0 Å². The Hall–Kier alpha value is -2.48. The Kier molecular flexibility index (Phi) is 5.74. The molecule has 1 aromatic heterocycles. The molecule has 1 N–H and O–H groups in total. The van der Waals surface area contributed by atoms with Crippen molar-refractivity contribution in [2.75, 3.05) is 25.5 Å². The summed E-state index contributed by atoms with van der Waals surface area (Å²) in [5.74, 6) is -0.0539. The van der Waals surface area contributed by atoms with Crippen LogP contribution in [0.1, 0.15) is 38.3 Å². The number of anilines is 1. The van der Waals surface area contributed by atoms with Gasteiger partial charge in [0.1, 0.15) is 5.82 Å². The Morgan fingerprint density at radius 1 is 1.19 bits per heavy atom. The molecule has 146 valence electrons. The monoisotopic (exact) mass is 375 g/mol. The summed E-state index contributed by atoms with van der Waals surface area (Å²) in [7, 11) is 2.07. The molecule has 8 heteroatoms. The molecule has 1 aromatic carbocycles. The third-order valence-electron chi connectivity index (χ3n) is 4.92. The van der Waals surface area contributed by atoms with E-state index in [0.717, 1.165) is 36.1 Å². The molecule has 27 heavy (non-hydrogen) atoms. The van der Waals surface area contributed by atoms with Crippen LogP contribution in [0.25, 0.3) is 0 Å². The number of piperidine rings is 1. The van der Waals surface area contributed by atoms with Gasteiger partial charge in [-0.25, -0.2) is 18.5 Å². The topological polar surface area (TPSA) is 72.2 Å². The zero-order valence-corrected chi connectivity index (χ0v) is 16.0. The molecular weight excluding hydrogens is 349 g/mol. The normalized spacial score (nSPS) is 16.0. The van der Waals surface area contributed by atoms with E-state index in [1.807, 2.05) is 0 Å². The van der Waals surface area contributed by atoms with Crippen LogP contribution < -0.4 is 16.7 Å². The predicted octanol–water partition coefficient (Wildman–Crippen LogP) is 1.68. The number of halogens is 1. The maximum Gasteiger partial charge on any atom is 0.355 e. The van der Waals surface area contributed by atoms with Gasteiger partial charge < -0.3 is 10.2 Å². The van der Waals surface area contributed by atoms with Gasteiger partial charge in [-0.05, 0) is 64.5 Å². The average Bonchev–Trinajstić information content (AvgIpc) is 2.61. The van der Waals surface area contributed by atoms with E-state index >= 15 is 0 Å². The molecular formula is C19H26FN5O2. The number of aromatic nitrogens is 3. The van der Waals surface area contributed by atoms with E-state index in [-0.39, 0.29) is 30.4 Å². The van der Waals surface area contributed by atoms with Gasteiger partial charge in [-0.15, -0.1) is 0 Å². The number of nitrogens with one attached hydrogen (secondary N) is 1. The lowest BCUT2D eigenvalue weighted by Gasteiger charge is -2.30. The molecule has 0 amide bonds. The van der Waals surface area contributed by atoms with Gasteiger partial charge >= 0.3 is 11.4 Å². The van der Waals surface area contributed by atoms with E-state index in [1.54, 1.807) is 26.0 Å². The van der Waals surface area contributed by atoms with Crippen molar-refractivity contribution in [3.8, 4) is 0 Å². The Bertz CT molecular complexity index is 896. The molecule has 0 spiro atoms. The number of hydrogen-bond acceptors (Lipinski definition) is 5. The van der Waals surface area contributed by atoms with Crippen molar-refractivity contribution >= 4 is 5.95 Å². The molecule has 0 unspecified atom stereocenters. The quantitative estimate of drug-likeness (QED) is 0.861. The predicted molar refractivity (Wildman–Crippen MR) is 103 cm³/mol. The summed E-state index contributed by atoms with van der Waals surface area (Å²) < 4.78 is 15.8. The van der Waals surface area contributed by atoms with Crippen LogP contribution >= 0.6 is 0 Å². The molecule has 0 saturated carbocycles. The van der Waals surface area contributed by atoms with Gasteiger partial charge in [0.15, 0.2) is 0 Å². The van der Waals surface area contributed by atoms with Crippen molar-refractivity contribution in [3.05, 3.63) is 56.6 Å². The number of nitrogens with zero attached hydrogens (tertiary/aromatic N) is 4. The van der Waals surface area contributed by atoms with E-state index in [9.17, 15) is 14.0 Å². The summed E-state index contributed by atoms with van der Waals surface area (Å²) in [6.45, 7) is 5.66. The highest BCUT2D eigenvalue weighted by Gasteiger charge is 2.21. The molecule has 2 heterocycles. The van der Waals surface area contributed by atoms with Crippen LogP contribution in [0, 0.1) is 5.82 Å². The fourth-order valence-corrected chi connectivity index (χ4v) is 3.31. The third kappa shape index (κ3) is 4.44. The first kappa shape index (κ1) is 19.3. The second kappa shape index (κ2) is 8.04. The van der Waals surface area contributed by atoms with Gasteiger partial charge in [-0.3, -0.25) is 4.57 Å². The standard InChI is InChI=1S/C19H26FN5O2/c1-13(2)25-18(26)22-17(21-16-8-10-23(3)11-9-16)24(19(25)27)12-14-4-6-15(20)7-5-14/h4-7,13,16H,8-12H2,1-3H3,(H,21,22,26). The van der Waals surface area contributed by atoms with Crippen LogP contribution in [-0.4, -0.2) is 45.2 Å². The van der Waals surface area contributed by atoms with Gasteiger partial charge in [0.2, 0.25) is 5.95 Å². The summed E-state index contributed by atoms with van der Waals surface area (Å²) in [6, 6.07) is 5.83. The molecule has 0 bridgehead atoms. The smallest absolute Gasteiger partial charge is 0.353 e. The molecule has 1 aliphatic heterocycles. The van der Waals surface area contributed by atoms with Gasteiger partial charge in [-0.1, -0.05) is 12.1 Å². The lowest BCUT2D eigenvalue weighted by atomic mass is 10.1. The highest BCUT2D eigenvalue weighted by Crippen LogP contribution is 2.14. The van der Waals surface area contributed by atoms with Crippen LogP contribution in [0.2, 0.25) is 0 Å². The summed E-state index contributed by atoms with van der Waals surface area (Å²) in [4.78, 5) is 31.8. The van der Waals surface area contributed by atoms with Crippen molar-refractivity contribution in [1.29, 1.82) is 0 Å². The number of likely N-dealkylation sites (tertiary alicyclic amines) is 1. The first-order valence-electron chi connectivity index (χ1n) is 9.28. The van der Waals surface area contributed by atoms with E-state index in [2.05, 4.69) is 22.2 Å². The van der Waals surface area contributed by atoms with Crippen LogP contribution in [0.3, 0.4) is 0 Å². The fraction of sp³-hybridized carbons (Fsp3) is 0.526. The van der Waals surface area contributed by atoms with Crippen molar-refractivity contribution in [2.45, 2.75) is 45.3 Å². The minimum absolute atomic E-state index is 0.155. The van der Waals surface area contributed by atoms with Crippen molar-refractivity contribution < 1.29 is 4.39 Å². The molecule has 0 aliphatic carbocycles. The molecule has 3 rings (SSSR count). The SMILES string of the molecule is CC(C)n1c(=O)nc(NC2CCN(C)CC2)n(Cc2ccc(F)cc2)c1=O. The first-order chi connectivity index (χ1) is 12.8. The molecule has 0 atom stereocenters. The number of hydrogen-bond donors (Lipinski definition) is 1. The first-order valence-corrected chi connectivity index (χ1v) is 9.28. The van der Waals surface area contributed by atoms with E-state index in [0.29, 0.717) is 0 Å². The highest BCUT2D eigenvalue weighted by atomic mass is 19.1. The van der Waals surface area contributed by atoms with E-state index < -0.39 is 11.4 Å². The molecule has 2 aromatic rings. The maximum absolute atomic E-state index is 13.2. The summed E-state index contributed by atoms with van der Waals surface area (Å²) in [6.07, 6.45) is 1.83. The Morgan fingerprint density at radius 3 is 2.41 bits per heavy atom. The Morgan fingerprint density at radius 2 is 1.81 bits per heavy atom. The van der Waals surface area contributed by atoms with Crippen molar-refractivity contribution in [2.24, 2.45) is 0 Å². The van der Waals surface area contributed by atoms with Crippen molar-refractivity contribution in [3.63, 3.8) is 0 Å². The second-order valence-corrected chi connectivity index (χ2v) is 7.40. The maximum atomic E-state index is 13.2. The lowest BCUT2D eigenvalue weighted by Crippen LogP contribution is -2.45. The van der Waals surface area contributed by atoms with Gasteiger partial charge in [0.05, 0.1) is 6.54 Å². The molecule has 7 nitrogen and oxygen atoms in total. The highest BCUT2D eigenvalue weighted by molar-refractivity contribution is 5.28. The van der Waals surface area contributed by atoms with Crippen LogP contribution in [0.4, 0.5) is 10.3 Å². The van der Waals surface area contributed by atoms with Crippen LogP contribution in [-0.2, 0) is 6.54 Å². The minimum atomic E-state index is -0.555. The largest absolute Gasteiger partial charge is 0.355 e. The van der Waals surface area contributed by atoms with Crippen LogP contribution in [0.5, 0.6) is 0 Å². The fourth-order valence-electron chi connectivity index (χ4n) is 3.31. The van der Waals surface area contributed by atoms with Gasteiger partial charge in [0, 0.05) is 12.1 Å². The zero-order valence-electron chi connectivity index (χ0n) is 16.0. The van der Waals surface area contributed by atoms with Crippen LogP contribution in [0.15, 0.2) is 33.9 Å². The molecule has 1 aliphatic rings.